The van der Waals surface area contributed by atoms with Crippen molar-refractivity contribution in [3.05, 3.63) is 63.4 Å². The van der Waals surface area contributed by atoms with Crippen LogP contribution in [0.4, 0.5) is 4.39 Å². The Labute approximate surface area is 220 Å². The number of nitrogens with one attached hydrogen (secondary N) is 2. The van der Waals surface area contributed by atoms with Gasteiger partial charge in [-0.2, -0.15) is 0 Å². The van der Waals surface area contributed by atoms with E-state index in [1.54, 1.807) is 53.3 Å². The van der Waals surface area contributed by atoms with Crippen LogP contribution in [0, 0.1) is 0 Å². The van der Waals surface area contributed by atoms with Crippen molar-refractivity contribution in [1.29, 1.82) is 0 Å². The molecule has 38 heavy (non-hydrogen) atoms. The fourth-order valence-electron chi connectivity index (χ4n) is 3.10. The number of aliphatic hydroxyl groups excluding tert-OH is 1. The van der Waals surface area contributed by atoms with E-state index in [0.717, 1.165) is 26.3 Å². The fourth-order valence-corrected chi connectivity index (χ4v) is 3.10. The molecule has 0 amide bonds. The van der Waals surface area contributed by atoms with Crippen LogP contribution in [-0.4, -0.2) is 70.0 Å². The summed E-state index contributed by atoms with van der Waals surface area (Å²) >= 11 is 0. The highest BCUT2D eigenvalue weighted by Gasteiger charge is 2.51. The lowest BCUT2D eigenvalue weighted by Crippen LogP contribution is -2.60. The summed E-state index contributed by atoms with van der Waals surface area (Å²) in [7, 11) is 2.64. The molecule has 1 aromatic heterocycles. The molecule has 0 spiro atoms. The minimum atomic E-state index is -3.08. The first kappa shape index (κ1) is 33.0. The van der Waals surface area contributed by atoms with Crippen molar-refractivity contribution in [2.75, 3.05) is 13.7 Å². The molecule has 0 fully saturated rings. The van der Waals surface area contributed by atoms with Crippen LogP contribution in [0.5, 0.6) is 5.75 Å². The van der Waals surface area contributed by atoms with Crippen molar-refractivity contribution in [3.63, 3.8) is 0 Å². The molecule has 2 rings (SSSR count). The first-order valence-corrected chi connectivity index (χ1v) is 11.7. The number of nitrogens with zero attached hydrogens (tertiary/aromatic N) is 1. The minimum Gasteiger partial charge on any atom is -0.462 e. The highest BCUT2D eigenvalue weighted by atomic mass is 31.0. The summed E-state index contributed by atoms with van der Waals surface area (Å²) in [5.41, 5.74) is -4.41. The minimum absolute atomic E-state index is 0.314. The van der Waals surface area contributed by atoms with E-state index in [2.05, 4.69) is 5.32 Å². The standard InChI is InChI=1S/C23H32FN3O9.HOP/c1-14(2)35-18(29)15(3)25-21(36-16-9-7-6-8-10-16)34-13-23(24,33-5)19(30)22(4,32)27-12-11-17(28)26-20(27)31;1-2/h6-12,14-15,19,21,25,30,32H,13H2,1-5H3,(H,26,28,31);2H/t15-,19-,21+,22+,23+;/m0./s1. The molecular formula is C23H33FN3O10P. The van der Waals surface area contributed by atoms with E-state index in [-0.39, 0.29) is 6.10 Å². The largest absolute Gasteiger partial charge is 0.462 e. The molecule has 5 atom stereocenters. The van der Waals surface area contributed by atoms with E-state index in [9.17, 15) is 24.6 Å². The third-order valence-corrected chi connectivity index (χ3v) is 5.09. The van der Waals surface area contributed by atoms with Crippen LogP contribution in [0.3, 0.4) is 0 Å². The number of H-pyrrole nitrogens is 1. The summed E-state index contributed by atoms with van der Waals surface area (Å²) in [6.45, 7) is 4.77. The molecule has 0 unspecified atom stereocenters. The number of aromatic amines is 1. The van der Waals surface area contributed by atoms with Gasteiger partial charge in [0.05, 0.1) is 6.10 Å². The lowest BCUT2D eigenvalue weighted by molar-refractivity contribution is -0.293. The summed E-state index contributed by atoms with van der Waals surface area (Å²) in [4.78, 5) is 37.6. The maximum Gasteiger partial charge on any atom is 0.330 e. The monoisotopic (exact) mass is 561 g/mol. The first-order chi connectivity index (χ1) is 17.8. The van der Waals surface area contributed by atoms with Crippen LogP contribution >= 0.6 is 9.12 Å². The molecule has 0 saturated carbocycles. The average Bonchev–Trinajstić information content (AvgIpc) is 2.87. The average molecular weight is 562 g/mol. The number of para-hydroxylation sites is 1. The van der Waals surface area contributed by atoms with Crippen molar-refractivity contribution in [2.24, 2.45) is 0 Å². The van der Waals surface area contributed by atoms with Crippen molar-refractivity contribution in [1.82, 2.24) is 14.9 Å². The summed E-state index contributed by atoms with van der Waals surface area (Å²) in [6.07, 6.45) is -3.30. The number of carbonyl (C=O) groups excluding carboxylic acids is 1. The molecule has 0 bridgehead atoms. The Morgan fingerprint density at radius 2 is 1.79 bits per heavy atom. The highest BCUT2D eigenvalue weighted by molar-refractivity contribution is 7.00. The number of esters is 1. The SMILES string of the molecule is CO[C@](F)(CO[C@@H](N[C@@H](C)C(=O)OC(C)C)Oc1ccccc1)[C@@H](O)[C@@](C)(O)n1ccc(=O)[nH]c1=O.O=P. The first-order valence-electron chi connectivity index (χ1n) is 11.3. The smallest absolute Gasteiger partial charge is 0.330 e. The Morgan fingerprint density at radius 3 is 2.32 bits per heavy atom. The van der Waals surface area contributed by atoms with E-state index < -0.39 is 54.0 Å². The number of hydrogen-bond acceptors (Lipinski definition) is 11. The van der Waals surface area contributed by atoms with Gasteiger partial charge in [-0.3, -0.25) is 23.7 Å². The van der Waals surface area contributed by atoms with Gasteiger partial charge >= 0.3 is 11.7 Å². The Hall–Kier alpha value is -3.00. The number of methoxy groups -OCH3 is 1. The van der Waals surface area contributed by atoms with Crippen LogP contribution in [0.25, 0.3) is 0 Å². The summed E-state index contributed by atoms with van der Waals surface area (Å²) in [5, 5.41) is 24.2. The Balaban J connectivity index is 0.00000352. The van der Waals surface area contributed by atoms with Crippen molar-refractivity contribution in [2.45, 2.75) is 63.9 Å². The molecule has 13 nitrogen and oxygen atoms in total. The van der Waals surface area contributed by atoms with Crippen LogP contribution in [0.15, 0.2) is 52.2 Å². The van der Waals surface area contributed by atoms with Gasteiger partial charge in [-0.25, -0.2) is 14.5 Å². The molecule has 2 aromatic rings. The lowest BCUT2D eigenvalue weighted by Gasteiger charge is -2.38. The summed E-state index contributed by atoms with van der Waals surface area (Å²) in [6, 6.07) is 8.27. The number of aromatic nitrogens is 2. The zero-order valence-corrected chi connectivity index (χ0v) is 22.5. The molecule has 15 heteroatoms. The molecule has 0 saturated heterocycles. The molecular weight excluding hydrogens is 528 g/mol. The Morgan fingerprint density at radius 1 is 1.18 bits per heavy atom. The molecule has 0 aliphatic carbocycles. The van der Waals surface area contributed by atoms with Gasteiger partial charge in [-0.15, -0.1) is 0 Å². The lowest BCUT2D eigenvalue weighted by atomic mass is 10.0. The number of hydrogen-bond donors (Lipinski definition) is 4. The van der Waals surface area contributed by atoms with Crippen LogP contribution in [0.1, 0.15) is 27.7 Å². The van der Waals surface area contributed by atoms with Crippen LogP contribution in [0.2, 0.25) is 0 Å². The topological polar surface area (TPSA) is 178 Å². The van der Waals surface area contributed by atoms with Gasteiger partial charge < -0.3 is 29.2 Å². The number of carbonyl (C=O) groups is 1. The predicted octanol–water partition coefficient (Wildman–Crippen LogP) is 0.658. The highest BCUT2D eigenvalue weighted by Crippen LogP contribution is 2.29. The Bertz CT molecular complexity index is 1130. The van der Waals surface area contributed by atoms with Gasteiger partial charge in [0.25, 0.3) is 17.8 Å². The van der Waals surface area contributed by atoms with Crippen LogP contribution in [-0.2, 0) is 29.3 Å². The molecule has 0 aliphatic rings. The molecule has 0 aliphatic heterocycles. The second kappa shape index (κ2) is 14.8. The predicted molar refractivity (Wildman–Crippen MR) is 134 cm³/mol. The molecule has 1 aromatic carbocycles. The second-order valence-corrected chi connectivity index (χ2v) is 8.41. The zero-order valence-electron chi connectivity index (χ0n) is 21.5. The van der Waals surface area contributed by atoms with E-state index in [4.69, 9.17) is 23.5 Å². The molecule has 1 heterocycles. The quantitative estimate of drug-likeness (QED) is 0.153. The number of aliphatic hydroxyl groups is 2. The van der Waals surface area contributed by atoms with Gasteiger partial charge in [-0.05, 0) is 39.8 Å². The van der Waals surface area contributed by atoms with Crippen molar-refractivity contribution >= 4 is 15.1 Å². The van der Waals surface area contributed by atoms with E-state index in [1.165, 1.54) is 6.92 Å². The Kier molecular flexibility index (Phi) is 12.9. The van der Waals surface area contributed by atoms with Crippen molar-refractivity contribution < 1.29 is 42.9 Å². The molecule has 0 radical (unpaired) electrons. The van der Waals surface area contributed by atoms with Gasteiger partial charge in [0.2, 0.25) is 0 Å². The van der Waals surface area contributed by atoms with Gasteiger partial charge in [0.15, 0.2) is 11.8 Å². The number of ether oxygens (including phenoxy) is 4. The van der Waals surface area contributed by atoms with Crippen LogP contribution < -0.4 is 21.3 Å². The third-order valence-electron chi connectivity index (χ3n) is 5.09. The van der Waals surface area contributed by atoms with Gasteiger partial charge in [0.1, 0.15) is 27.5 Å². The summed E-state index contributed by atoms with van der Waals surface area (Å²) in [5.74, 6) is -3.39. The number of halogens is 1. The van der Waals surface area contributed by atoms with E-state index >= 15 is 4.39 Å². The molecule has 212 valence electrons. The van der Waals surface area contributed by atoms with E-state index in [1.807, 2.05) is 4.98 Å². The normalized spacial score (nSPS) is 16.7. The van der Waals surface area contributed by atoms with Gasteiger partial charge in [0, 0.05) is 19.4 Å². The van der Waals surface area contributed by atoms with E-state index in [0.29, 0.717) is 10.3 Å². The maximum atomic E-state index is 15.8. The van der Waals surface area contributed by atoms with Crippen molar-refractivity contribution in [3.8, 4) is 5.75 Å². The summed E-state index contributed by atoms with van der Waals surface area (Å²) < 4.78 is 45.4. The van der Waals surface area contributed by atoms with Gasteiger partial charge in [-0.1, -0.05) is 18.2 Å². The number of alkyl halides is 1. The zero-order chi connectivity index (χ0) is 29.1. The maximum absolute atomic E-state index is 15.8. The fraction of sp³-hybridized carbons (Fsp3) is 0.522. The molecule has 4 N–H and O–H groups in total. The number of rotatable bonds is 13. The number of benzene rings is 1. The second-order valence-electron chi connectivity index (χ2n) is 8.41. The third kappa shape index (κ3) is 9.08.